The summed E-state index contributed by atoms with van der Waals surface area (Å²) in [5, 5.41) is 0.754. The first-order chi connectivity index (χ1) is 10.6. The van der Waals surface area contributed by atoms with Gasteiger partial charge in [-0.15, -0.1) is 23.2 Å². The summed E-state index contributed by atoms with van der Waals surface area (Å²) in [6.07, 6.45) is 1.63. The standard InChI is InChI=1S/C15H17Cl2N3O2/c1-2-20-13-11(4-3-7-18-13)10-12(15(20)22)14(21)19(8-5-16)9-6-17/h3-4,7,10H,2,5-6,8-9H2,1H3. The van der Waals surface area contributed by atoms with Gasteiger partial charge < -0.3 is 4.90 Å². The predicted molar refractivity (Wildman–Crippen MR) is 89.0 cm³/mol. The number of carbonyl (C=O) groups excluding carboxylic acids is 1. The number of carbonyl (C=O) groups is 1. The fourth-order valence-electron chi connectivity index (χ4n) is 2.34. The van der Waals surface area contributed by atoms with Crippen LogP contribution in [-0.2, 0) is 6.54 Å². The van der Waals surface area contributed by atoms with Gasteiger partial charge in [0.05, 0.1) is 0 Å². The van der Waals surface area contributed by atoms with Crippen LogP contribution in [0, 0.1) is 0 Å². The lowest BCUT2D eigenvalue weighted by Gasteiger charge is -2.21. The van der Waals surface area contributed by atoms with E-state index in [2.05, 4.69) is 4.98 Å². The second-order valence-corrected chi connectivity index (χ2v) is 5.45. The van der Waals surface area contributed by atoms with Crippen molar-refractivity contribution in [1.82, 2.24) is 14.5 Å². The van der Waals surface area contributed by atoms with E-state index in [1.165, 1.54) is 9.47 Å². The van der Waals surface area contributed by atoms with Crippen LogP contribution in [0.2, 0.25) is 0 Å². The minimum absolute atomic E-state index is 0.123. The zero-order valence-corrected chi connectivity index (χ0v) is 13.8. The van der Waals surface area contributed by atoms with Crippen LogP contribution in [0.1, 0.15) is 17.3 Å². The smallest absolute Gasteiger partial charge is 0.265 e. The highest BCUT2D eigenvalue weighted by atomic mass is 35.5. The van der Waals surface area contributed by atoms with Crippen molar-refractivity contribution in [3.05, 3.63) is 40.3 Å². The molecule has 2 rings (SSSR count). The molecule has 2 aromatic rings. The van der Waals surface area contributed by atoms with Crippen molar-refractivity contribution < 1.29 is 4.79 Å². The maximum Gasteiger partial charge on any atom is 0.265 e. The summed E-state index contributed by atoms with van der Waals surface area (Å²) >= 11 is 11.5. The molecule has 0 radical (unpaired) electrons. The van der Waals surface area contributed by atoms with Crippen LogP contribution < -0.4 is 5.56 Å². The van der Waals surface area contributed by atoms with Gasteiger partial charge in [0.1, 0.15) is 11.2 Å². The quantitative estimate of drug-likeness (QED) is 0.757. The average Bonchev–Trinajstić information content (AvgIpc) is 2.53. The van der Waals surface area contributed by atoms with Crippen LogP contribution in [0.25, 0.3) is 11.0 Å². The van der Waals surface area contributed by atoms with E-state index in [0.29, 0.717) is 37.0 Å². The van der Waals surface area contributed by atoms with Gasteiger partial charge >= 0.3 is 0 Å². The molecule has 0 N–H and O–H groups in total. The zero-order chi connectivity index (χ0) is 16.1. The number of aromatic nitrogens is 2. The molecular weight excluding hydrogens is 325 g/mol. The minimum Gasteiger partial charge on any atom is -0.336 e. The Bertz CT molecular complexity index is 724. The highest BCUT2D eigenvalue weighted by Crippen LogP contribution is 2.12. The molecule has 0 bridgehead atoms. The third-order valence-electron chi connectivity index (χ3n) is 3.39. The first-order valence-corrected chi connectivity index (χ1v) is 8.10. The molecular formula is C15H17Cl2N3O2. The van der Waals surface area contributed by atoms with Gasteiger partial charge in [-0.25, -0.2) is 4.98 Å². The SMILES string of the molecule is CCn1c(=O)c(C(=O)N(CCCl)CCCl)cc2cccnc21. The Morgan fingerprint density at radius 3 is 2.59 bits per heavy atom. The number of amides is 1. The molecule has 118 valence electrons. The molecule has 7 heteroatoms. The Hall–Kier alpha value is -1.59. The zero-order valence-electron chi connectivity index (χ0n) is 12.3. The summed E-state index contributed by atoms with van der Waals surface area (Å²) in [4.78, 5) is 30.9. The number of nitrogens with zero attached hydrogens (tertiary/aromatic N) is 3. The van der Waals surface area contributed by atoms with E-state index in [-0.39, 0.29) is 17.0 Å². The summed E-state index contributed by atoms with van der Waals surface area (Å²) in [6.45, 7) is 2.99. The number of fused-ring (bicyclic) bond motifs is 1. The molecule has 0 fully saturated rings. The molecule has 0 atom stereocenters. The molecule has 2 aromatic heterocycles. The highest BCUT2D eigenvalue weighted by molar-refractivity contribution is 6.18. The molecule has 5 nitrogen and oxygen atoms in total. The Morgan fingerprint density at radius 1 is 1.32 bits per heavy atom. The third kappa shape index (κ3) is 3.25. The van der Waals surface area contributed by atoms with Crippen molar-refractivity contribution in [3.8, 4) is 0 Å². The van der Waals surface area contributed by atoms with Crippen molar-refractivity contribution >= 4 is 40.1 Å². The molecule has 0 aliphatic heterocycles. The van der Waals surface area contributed by atoms with Gasteiger partial charge in [-0.3, -0.25) is 14.2 Å². The van der Waals surface area contributed by atoms with Gasteiger partial charge in [0.25, 0.3) is 11.5 Å². The third-order valence-corrected chi connectivity index (χ3v) is 3.73. The van der Waals surface area contributed by atoms with Gasteiger partial charge in [0.2, 0.25) is 0 Å². The lowest BCUT2D eigenvalue weighted by molar-refractivity contribution is 0.0773. The van der Waals surface area contributed by atoms with Crippen LogP contribution in [0.15, 0.2) is 29.2 Å². The van der Waals surface area contributed by atoms with Crippen molar-refractivity contribution in [2.45, 2.75) is 13.5 Å². The first kappa shape index (κ1) is 16.8. The summed E-state index contributed by atoms with van der Waals surface area (Å²) in [5.41, 5.74) is 0.359. The molecule has 22 heavy (non-hydrogen) atoms. The number of aryl methyl sites for hydroxylation is 1. The molecule has 0 aliphatic rings. The van der Waals surface area contributed by atoms with Crippen LogP contribution in [-0.4, -0.2) is 45.2 Å². The van der Waals surface area contributed by atoms with Crippen molar-refractivity contribution in [2.24, 2.45) is 0 Å². The number of halogens is 2. The second-order valence-electron chi connectivity index (χ2n) is 4.69. The van der Waals surface area contributed by atoms with Crippen molar-refractivity contribution in [2.75, 3.05) is 24.8 Å². The van der Waals surface area contributed by atoms with Gasteiger partial charge in [0.15, 0.2) is 0 Å². The Kier molecular flexibility index (Phi) is 5.80. The largest absolute Gasteiger partial charge is 0.336 e. The summed E-state index contributed by atoms with van der Waals surface area (Å²) in [7, 11) is 0. The van der Waals surface area contributed by atoms with E-state index in [1.807, 2.05) is 13.0 Å². The van der Waals surface area contributed by atoms with E-state index in [4.69, 9.17) is 23.2 Å². The molecule has 0 spiro atoms. The second kappa shape index (κ2) is 7.61. The fraction of sp³-hybridized carbons (Fsp3) is 0.400. The van der Waals surface area contributed by atoms with Crippen molar-refractivity contribution in [3.63, 3.8) is 0 Å². The lowest BCUT2D eigenvalue weighted by Crippen LogP contribution is -2.39. The van der Waals surface area contributed by atoms with Gasteiger partial charge in [-0.05, 0) is 25.1 Å². The molecule has 0 unspecified atom stereocenters. The lowest BCUT2D eigenvalue weighted by atomic mass is 10.1. The van der Waals surface area contributed by atoms with Gasteiger partial charge in [-0.1, -0.05) is 0 Å². The Morgan fingerprint density at radius 2 is 2.00 bits per heavy atom. The Balaban J connectivity index is 2.57. The highest BCUT2D eigenvalue weighted by Gasteiger charge is 2.20. The van der Waals surface area contributed by atoms with E-state index in [9.17, 15) is 9.59 Å². The van der Waals surface area contributed by atoms with Crippen LogP contribution >= 0.6 is 23.2 Å². The monoisotopic (exact) mass is 341 g/mol. The number of hydrogen-bond donors (Lipinski definition) is 0. The molecule has 0 saturated carbocycles. The molecule has 1 amide bonds. The minimum atomic E-state index is -0.348. The fourth-order valence-corrected chi connectivity index (χ4v) is 2.75. The van der Waals surface area contributed by atoms with Gasteiger partial charge in [-0.2, -0.15) is 0 Å². The number of rotatable bonds is 6. The summed E-state index contributed by atoms with van der Waals surface area (Å²) < 4.78 is 1.50. The van der Waals surface area contributed by atoms with Crippen LogP contribution in [0.3, 0.4) is 0 Å². The first-order valence-electron chi connectivity index (χ1n) is 7.03. The van der Waals surface area contributed by atoms with Gasteiger partial charge in [0, 0.05) is 43.0 Å². The summed E-state index contributed by atoms with van der Waals surface area (Å²) in [6, 6.07) is 5.20. The van der Waals surface area contributed by atoms with Crippen LogP contribution in [0.4, 0.5) is 0 Å². The maximum absolute atomic E-state index is 12.6. The topological polar surface area (TPSA) is 55.2 Å². The van der Waals surface area contributed by atoms with E-state index < -0.39 is 0 Å². The van der Waals surface area contributed by atoms with Crippen LogP contribution in [0.5, 0.6) is 0 Å². The van der Waals surface area contributed by atoms with E-state index in [1.54, 1.807) is 18.3 Å². The van der Waals surface area contributed by atoms with Crippen molar-refractivity contribution in [1.29, 1.82) is 0 Å². The molecule has 0 saturated heterocycles. The molecule has 2 heterocycles. The normalized spacial score (nSPS) is 10.9. The number of pyridine rings is 2. The predicted octanol–water partition coefficient (Wildman–Crippen LogP) is 2.34. The maximum atomic E-state index is 12.6. The number of alkyl halides is 2. The number of hydrogen-bond acceptors (Lipinski definition) is 3. The average molecular weight is 342 g/mol. The molecule has 0 aromatic carbocycles. The van der Waals surface area contributed by atoms with E-state index in [0.717, 1.165) is 5.39 Å². The summed E-state index contributed by atoms with van der Waals surface area (Å²) in [5.74, 6) is 0.235. The molecule has 0 aliphatic carbocycles. The van der Waals surface area contributed by atoms with E-state index >= 15 is 0 Å². The Labute approximate surface area is 138 Å².